The lowest BCUT2D eigenvalue weighted by Crippen LogP contribution is -2.35. The van der Waals surface area contributed by atoms with Crippen LogP contribution in [-0.4, -0.2) is 18.2 Å². The van der Waals surface area contributed by atoms with Gasteiger partial charge in [0.25, 0.3) is 0 Å². The maximum atomic E-state index is 4.88. The van der Waals surface area contributed by atoms with Crippen LogP contribution in [0.4, 0.5) is 0 Å². The first-order valence-electron chi connectivity index (χ1n) is 2.46. The highest BCUT2D eigenvalue weighted by Gasteiger charge is 2.12. The fourth-order valence-electron chi connectivity index (χ4n) is 0.498. The molecule has 1 fully saturated rings. The molecule has 0 radical (unpaired) electrons. The van der Waals surface area contributed by atoms with Gasteiger partial charge >= 0.3 is 0 Å². The fraction of sp³-hybridized carbons (Fsp3) is 0.600. The summed E-state index contributed by atoms with van der Waals surface area (Å²) in [6.07, 6.45) is 2.72. The Morgan fingerprint density at radius 2 is 2.29 bits per heavy atom. The van der Waals surface area contributed by atoms with Crippen LogP contribution in [0.15, 0.2) is 12.8 Å². The molecule has 0 saturated carbocycles. The van der Waals surface area contributed by atoms with Crippen molar-refractivity contribution in [3.63, 3.8) is 0 Å². The number of hydrogen-bond donors (Lipinski definition) is 0. The van der Waals surface area contributed by atoms with Gasteiger partial charge in [0, 0.05) is 13.1 Å². The van der Waals surface area contributed by atoms with E-state index in [-0.39, 0.29) is 0 Å². The number of nitrogens with zero attached hydrogens (tertiary/aromatic N) is 1. The van der Waals surface area contributed by atoms with Gasteiger partial charge in [0.2, 0.25) is 0 Å². The van der Waals surface area contributed by atoms with E-state index in [1.807, 2.05) is 5.06 Å². The van der Waals surface area contributed by atoms with Gasteiger partial charge in [-0.15, -0.1) is 5.06 Å². The minimum atomic E-state index is 1.06. The number of hydroxylamine groups is 2. The van der Waals surface area contributed by atoms with Gasteiger partial charge in [-0.25, -0.2) is 0 Å². The Morgan fingerprint density at radius 1 is 1.57 bits per heavy atom. The van der Waals surface area contributed by atoms with E-state index in [9.17, 15) is 0 Å². The summed E-state index contributed by atoms with van der Waals surface area (Å²) >= 11 is 0. The molecule has 0 bridgehead atoms. The van der Waals surface area contributed by atoms with Gasteiger partial charge in [0.15, 0.2) is 0 Å². The molecule has 1 aliphatic rings. The van der Waals surface area contributed by atoms with Gasteiger partial charge in [-0.05, 0) is 6.42 Å². The minimum Gasteiger partial charge on any atom is -0.414 e. The lowest BCUT2D eigenvalue weighted by Gasteiger charge is -2.27. The Morgan fingerprint density at radius 3 is 2.43 bits per heavy atom. The van der Waals surface area contributed by atoms with E-state index in [1.165, 1.54) is 12.7 Å². The summed E-state index contributed by atoms with van der Waals surface area (Å²) in [5, 5.41) is 1.87. The van der Waals surface area contributed by atoms with Crippen molar-refractivity contribution in [2.45, 2.75) is 6.42 Å². The molecule has 0 spiro atoms. The lowest BCUT2D eigenvalue weighted by atomic mass is 10.3. The highest BCUT2D eigenvalue weighted by Crippen LogP contribution is 2.04. The van der Waals surface area contributed by atoms with Crippen molar-refractivity contribution in [3.8, 4) is 0 Å². The molecule has 0 aromatic carbocycles. The number of rotatable bonds is 2. The summed E-state index contributed by atoms with van der Waals surface area (Å²) in [5.74, 6) is 0. The first-order chi connectivity index (χ1) is 3.43. The molecule has 1 aliphatic heterocycles. The van der Waals surface area contributed by atoms with Crippen LogP contribution in [0.3, 0.4) is 0 Å². The highest BCUT2D eigenvalue weighted by atomic mass is 16.7. The molecule has 0 aliphatic carbocycles. The van der Waals surface area contributed by atoms with Crippen LogP contribution in [-0.2, 0) is 4.84 Å². The van der Waals surface area contributed by atoms with E-state index in [1.54, 1.807) is 0 Å². The van der Waals surface area contributed by atoms with Crippen LogP contribution >= 0.6 is 0 Å². The smallest absolute Gasteiger partial charge is 0.104 e. The predicted octanol–water partition coefficient (Wildman–Crippen LogP) is 0.767. The van der Waals surface area contributed by atoms with E-state index >= 15 is 0 Å². The summed E-state index contributed by atoms with van der Waals surface area (Å²) in [4.78, 5) is 4.88. The molecule has 2 nitrogen and oxygen atoms in total. The van der Waals surface area contributed by atoms with Crippen LogP contribution in [0.5, 0.6) is 0 Å². The Hall–Kier alpha value is -0.500. The zero-order valence-electron chi connectivity index (χ0n) is 4.26. The van der Waals surface area contributed by atoms with E-state index in [4.69, 9.17) is 4.84 Å². The molecule has 0 amide bonds. The Balaban J connectivity index is 2.03. The second kappa shape index (κ2) is 1.98. The van der Waals surface area contributed by atoms with Crippen molar-refractivity contribution in [1.29, 1.82) is 0 Å². The standard InChI is InChI=1S/C5H9NO/c1-2-7-6-4-3-5-6/h2H,1,3-5H2. The maximum Gasteiger partial charge on any atom is 0.104 e. The van der Waals surface area contributed by atoms with Crippen LogP contribution in [0, 0.1) is 0 Å². The van der Waals surface area contributed by atoms with E-state index in [0.717, 1.165) is 13.1 Å². The Labute approximate surface area is 43.3 Å². The van der Waals surface area contributed by atoms with Crippen LogP contribution in [0.25, 0.3) is 0 Å². The van der Waals surface area contributed by atoms with Gasteiger partial charge in [-0.1, -0.05) is 6.58 Å². The average molecular weight is 99.1 g/mol. The monoisotopic (exact) mass is 99.1 g/mol. The van der Waals surface area contributed by atoms with E-state index in [0.29, 0.717) is 0 Å². The van der Waals surface area contributed by atoms with Crippen molar-refractivity contribution in [2.75, 3.05) is 13.1 Å². The molecular weight excluding hydrogens is 90.1 g/mol. The molecular formula is C5H9NO. The molecule has 40 valence electrons. The second-order valence-corrected chi connectivity index (χ2v) is 1.55. The fourth-order valence-corrected chi connectivity index (χ4v) is 0.498. The molecule has 2 heteroatoms. The Kier molecular flexibility index (Phi) is 1.32. The van der Waals surface area contributed by atoms with Gasteiger partial charge in [0.1, 0.15) is 6.26 Å². The number of hydrogen-bond acceptors (Lipinski definition) is 2. The predicted molar refractivity (Wildman–Crippen MR) is 27.5 cm³/mol. The molecule has 1 heterocycles. The Bertz CT molecular complexity index is 68.5. The molecule has 1 saturated heterocycles. The summed E-state index contributed by atoms with van der Waals surface area (Å²) < 4.78 is 0. The first-order valence-corrected chi connectivity index (χ1v) is 2.46. The third-order valence-electron chi connectivity index (χ3n) is 1.04. The molecule has 0 atom stereocenters. The minimum absolute atomic E-state index is 1.06. The SMILES string of the molecule is C=CON1CCC1. The molecule has 0 N–H and O–H groups in total. The third-order valence-corrected chi connectivity index (χ3v) is 1.04. The quantitative estimate of drug-likeness (QED) is 0.474. The summed E-state index contributed by atoms with van der Waals surface area (Å²) in [7, 11) is 0. The largest absolute Gasteiger partial charge is 0.414 e. The van der Waals surface area contributed by atoms with Crippen molar-refractivity contribution < 1.29 is 4.84 Å². The van der Waals surface area contributed by atoms with Crippen LogP contribution in [0.1, 0.15) is 6.42 Å². The van der Waals surface area contributed by atoms with Gasteiger partial charge in [-0.2, -0.15) is 0 Å². The molecule has 0 aromatic heterocycles. The molecule has 0 aromatic rings. The topological polar surface area (TPSA) is 12.5 Å². The van der Waals surface area contributed by atoms with Crippen molar-refractivity contribution in [2.24, 2.45) is 0 Å². The first kappa shape index (κ1) is 4.65. The van der Waals surface area contributed by atoms with Gasteiger partial charge in [-0.3, -0.25) is 0 Å². The molecule has 0 unspecified atom stereocenters. The zero-order chi connectivity index (χ0) is 5.11. The zero-order valence-corrected chi connectivity index (χ0v) is 4.26. The molecule has 7 heavy (non-hydrogen) atoms. The van der Waals surface area contributed by atoms with Crippen LogP contribution in [0.2, 0.25) is 0 Å². The lowest BCUT2D eigenvalue weighted by molar-refractivity contribution is -0.146. The van der Waals surface area contributed by atoms with Gasteiger partial charge in [0.05, 0.1) is 0 Å². The average Bonchev–Trinajstić information content (AvgIpc) is 1.55. The summed E-state index contributed by atoms with van der Waals surface area (Å²) in [5.41, 5.74) is 0. The van der Waals surface area contributed by atoms with E-state index < -0.39 is 0 Å². The normalized spacial score (nSPS) is 20.6. The molecule has 1 rings (SSSR count). The van der Waals surface area contributed by atoms with Crippen molar-refractivity contribution in [1.82, 2.24) is 5.06 Å². The third kappa shape index (κ3) is 0.933. The summed E-state index contributed by atoms with van der Waals surface area (Å²) in [6, 6.07) is 0. The van der Waals surface area contributed by atoms with Crippen LogP contribution < -0.4 is 0 Å². The highest BCUT2D eigenvalue weighted by molar-refractivity contribution is 4.60. The van der Waals surface area contributed by atoms with E-state index in [2.05, 4.69) is 6.58 Å². The van der Waals surface area contributed by atoms with Crippen molar-refractivity contribution in [3.05, 3.63) is 12.8 Å². The van der Waals surface area contributed by atoms with Crippen molar-refractivity contribution >= 4 is 0 Å². The second-order valence-electron chi connectivity index (χ2n) is 1.55. The van der Waals surface area contributed by atoms with Gasteiger partial charge < -0.3 is 4.84 Å². The summed E-state index contributed by atoms with van der Waals surface area (Å²) in [6.45, 7) is 5.54. The maximum absolute atomic E-state index is 4.88.